The Kier molecular flexibility index (Phi) is 23.3. The maximum Gasteiger partial charge on any atom is 0.337 e. The SMILES string of the molecule is C=CC(=O)OC(=O)CCCCCCCCCCCCCCCCCCCCCCC. The van der Waals surface area contributed by atoms with E-state index in [4.69, 9.17) is 0 Å². The van der Waals surface area contributed by atoms with Crippen LogP contribution in [0.2, 0.25) is 0 Å². The van der Waals surface area contributed by atoms with Gasteiger partial charge in [0, 0.05) is 12.5 Å². The Balaban J connectivity index is 3.10. The summed E-state index contributed by atoms with van der Waals surface area (Å²) in [6, 6.07) is 0. The van der Waals surface area contributed by atoms with E-state index >= 15 is 0 Å². The van der Waals surface area contributed by atoms with Crippen molar-refractivity contribution >= 4 is 11.9 Å². The summed E-state index contributed by atoms with van der Waals surface area (Å²) in [6.07, 6.45) is 29.6. The van der Waals surface area contributed by atoms with Gasteiger partial charge in [-0.05, 0) is 6.42 Å². The molecule has 0 saturated carbocycles. The van der Waals surface area contributed by atoms with E-state index in [0.717, 1.165) is 18.9 Å². The van der Waals surface area contributed by atoms with Gasteiger partial charge < -0.3 is 4.74 Å². The first-order valence-corrected chi connectivity index (χ1v) is 13.1. The Morgan fingerprint density at radius 1 is 0.567 bits per heavy atom. The molecule has 176 valence electrons. The molecule has 3 nitrogen and oxygen atoms in total. The molecule has 3 heteroatoms. The van der Waals surface area contributed by atoms with Crippen LogP contribution < -0.4 is 0 Å². The molecule has 0 fully saturated rings. The number of hydrogen-bond donors (Lipinski definition) is 0. The summed E-state index contributed by atoms with van der Waals surface area (Å²) in [5.74, 6) is -1.08. The van der Waals surface area contributed by atoms with Gasteiger partial charge in [-0.15, -0.1) is 0 Å². The van der Waals surface area contributed by atoms with E-state index in [1.807, 2.05) is 0 Å². The van der Waals surface area contributed by atoms with Gasteiger partial charge in [0.05, 0.1) is 0 Å². The average molecular weight is 423 g/mol. The summed E-state index contributed by atoms with van der Waals surface area (Å²) < 4.78 is 4.55. The maximum absolute atomic E-state index is 11.3. The Morgan fingerprint density at radius 2 is 0.867 bits per heavy atom. The number of rotatable bonds is 23. The molecule has 0 amide bonds. The highest BCUT2D eigenvalue weighted by Gasteiger charge is 2.06. The first-order chi connectivity index (χ1) is 14.7. The van der Waals surface area contributed by atoms with Crippen molar-refractivity contribution in [2.45, 2.75) is 148 Å². The number of carbonyl (C=O) groups excluding carboxylic acids is 2. The molecule has 0 N–H and O–H groups in total. The molecule has 0 atom stereocenters. The second kappa shape index (κ2) is 24.2. The normalized spacial score (nSPS) is 10.8. The Bertz CT molecular complexity index is 403. The van der Waals surface area contributed by atoms with Crippen LogP contribution in [0.5, 0.6) is 0 Å². The minimum absolute atomic E-state index is 0.332. The standard InChI is InChI=1S/C27H50O3/c1-3-5-6-7-8-9-10-11-12-13-14-15-16-17-18-19-20-21-22-23-24-25-27(29)30-26(28)4-2/h4H,2-3,5-25H2,1H3. The monoisotopic (exact) mass is 422 g/mol. The van der Waals surface area contributed by atoms with Crippen molar-refractivity contribution in [3.63, 3.8) is 0 Å². The molecule has 0 rings (SSSR count). The summed E-state index contributed by atoms with van der Waals surface area (Å²) >= 11 is 0. The molecule has 0 unspecified atom stereocenters. The van der Waals surface area contributed by atoms with Gasteiger partial charge in [-0.2, -0.15) is 0 Å². The molecular weight excluding hydrogens is 372 g/mol. The van der Waals surface area contributed by atoms with Crippen molar-refractivity contribution in [3.8, 4) is 0 Å². The predicted molar refractivity (Wildman–Crippen MR) is 129 cm³/mol. The fraction of sp³-hybridized carbons (Fsp3) is 0.852. The summed E-state index contributed by atoms with van der Waals surface area (Å²) in [4.78, 5) is 22.2. The molecule has 0 heterocycles. The summed E-state index contributed by atoms with van der Waals surface area (Å²) in [5.41, 5.74) is 0. The highest BCUT2D eigenvalue weighted by Crippen LogP contribution is 2.15. The average Bonchev–Trinajstić information content (AvgIpc) is 2.74. The first kappa shape index (κ1) is 28.9. The lowest BCUT2D eigenvalue weighted by Gasteiger charge is -2.04. The van der Waals surface area contributed by atoms with Crippen molar-refractivity contribution in [1.29, 1.82) is 0 Å². The minimum atomic E-state index is -0.650. The number of ether oxygens (including phenoxy) is 1. The van der Waals surface area contributed by atoms with Gasteiger partial charge in [0.15, 0.2) is 0 Å². The van der Waals surface area contributed by atoms with E-state index in [1.165, 1.54) is 122 Å². The van der Waals surface area contributed by atoms with Crippen molar-refractivity contribution in [2.75, 3.05) is 0 Å². The fourth-order valence-corrected chi connectivity index (χ4v) is 3.91. The van der Waals surface area contributed by atoms with Crippen LogP contribution in [-0.2, 0) is 14.3 Å². The van der Waals surface area contributed by atoms with Crippen LogP contribution in [0.15, 0.2) is 12.7 Å². The van der Waals surface area contributed by atoms with Gasteiger partial charge in [-0.25, -0.2) is 4.79 Å². The van der Waals surface area contributed by atoms with E-state index in [2.05, 4.69) is 18.2 Å². The zero-order valence-corrected chi connectivity index (χ0v) is 20.1. The van der Waals surface area contributed by atoms with E-state index in [0.29, 0.717) is 6.42 Å². The topological polar surface area (TPSA) is 43.4 Å². The molecule has 0 aromatic rings. The Labute approximate surface area is 187 Å². The van der Waals surface area contributed by atoms with Crippen molar-refractivity contribution in [3.05, 3.63) is 12.7 Å². The lowest BCUT2D eigenvalue weighted by molar-refractivity contribution is -0.156. The van der Waals surface area contributed by atoms with Gasteiger partial charge in [-0.3, -0.25) is 4.79 Å². The maximum atomic E-state index is 11.3. The van der Waals surface area contributed by atoms with Gasteiger partial charge in [0.2, 0.25) is 0 Å². The summed E-state index contributed by atoms with van der Waals surface area (Å²) in [6.45, 7) is 5.56. The molecule has 0 aliphatic carbocycles. The third-order valence-corrected chi connectivity index (χ3v) is 5.87. The second-order valence-electron chi connectivity index (χ2n) is 8.82. The summed E-state index contributed by atoms with van der Waals surface area (Å²) in [7, 11) is 0. The van der Waals surface area contributed by atoms with Gasteiger partial charge in [0.1, 0.15) is 0 Å². The molecule has 0 spiro atoms. The molecule has 0 aliphatic heterocycles. The quantitative estimate of drug-likeness (QED) is 0.0714. The van der Waals surface area contributed by atoms with E-state index in [-0.39, 0.29) is 0 Å². The largest absolute Gasteiger partial charge is 0.390 e. The number of hydrogen-bond acceptors (Lipinski definition) is 3. The van der Waals surface area contributed by atoms with E-state index < -0.39 is 11.9 Å². The molecular formula is C27H50O3. The Hall–Kier alpha value is -1.12. The molecule has 0 aromatic carbocycles. The van der Waals surface area contributed by atoms with Crippen molar-refractivity contribution in [2.24, 2.45) is 0 Å². The lowest BCUT2D eigenvalue weighted by Crippen LogP contribution is -2.09. The van der Waals surface area contributed by atoms with Crippen LogP contribution in [0.25, 0.3) is 0 Å². The lowest BCUT2D eigenvalue weighted by atomic mass is 10.0. The smallest absolute Gasteiger partial charge is 0.337 e. The zero-order chi connectivity index (χ0) is 22.1. The third kappa shape index (κ3) is 23.2. The van der Waals surface area contributed by atoms with E-state index in [9.17, 15) is 9.59 Å². The predicted octanol–water partition coefficient (Wildman–Crippen LogP) is 8.84. The third-order valence-electron chi connectivity index (χ3n) is 5.87. The highest BCUT2D eigenvalue weighted by atomic mass is 16.6. The van der Waals surface area contributed by atoms with Crippen molar-refractivity contribution < 1.29 is 14.3 Å². The summed E-state index contributed by atoms with van der Waals surface area (Å²) in [5, 5.41) is 0. The molecule has 0 bridgehead atoms. The molecule has 0 radical (unpaired) electrons. The molecule has 30 heavy (non-hydrogen) atoms. The second-order valence-corrected chi connectivity index (χ2v) is 8.82. The zero-order valence-electron chi connectivity index (χ0n) is 20.1. The van der Waals surface area contributed by atoms with Gasteiger partial charge in [-0.1, -0.05) is 142 Å². The van der Waals surface area contributed by atoms with Crippen molar-refractivity contribution in [1.82, 2.24) is 0 Å². The van der Waals surface area contributed by atoms with Crippen LogP contribution in [0.4, 0.5) is 0 Å². The van der Waals surface area contributed by atoms with Gasteiger partial charge in [0.25, 0.3) is 0 Å². The van der Waals surface area contributed by atoms with Crippen LogP contribution in [0.1, 0.15) is 148 Å². The number of esters is 2. The number of unbranched alkanes of at least 4 members (excludes halogenated alkanes) is 20. The highest BCUT2D eigenvalue weighted by molar-refractivity contribution is 5.91. The molecule has 0 aliphatic rings. The van der Waals surface area contributed by atoms with E-state index in [1.54, 1.807) is 0 Å². The van der Waals surface area contributed by atoms with Crippen LogP contribution >= 0.6 is 0 Å². The minimum Gasteiger partial charge on any atom is -0.390 e. The Morgan fingerprint density at radius 3 is 1.17 bits per heavy atom. The molecule has 0 aromatic heterocycles. The van der Waals surface area contributed by atoms with Crippen LogP contribution in [0, 0.1) is 0 Å². The first-order valence-electron chi connectivity index (χ1n) is 13.1. The van der Waals surface area contributed by atoms with Gasteiger partial charge >= 0.3 is 11.9 Å². The van der Waals surface area contributed by atoms with Crippen LogP contribution in [0.3, 0.4) is 0 Å². The number of carbonyl (C=O) groups is 2. The van der Waals surface area contributed by atoms with Crippen LogP contribution in [-0.4, -0.2) is 11.9 Å². The molecule has 0 saturated heterocycles. The fourth-order valence-electron chi connectivity index (χ4n) is 3.91.